The Balaban J connectivity index is 1.29. The van der Waals surface area contributed by atoms with Crippen molar-refractivity contribution in [1.29, 1.82) is 0 Å². The van der Waals surface area contributed by atoms with Crippen LogP contribution in [0.3, 0.4) is 0 Å². The molecule has 1 aliphatic heterocycles. The smallest absolute Gasteiger partial charge is 0.408 e. The van der Waals surface area contributed by atoms with Gasteiger partial charge < -0.3 is 9.32 Å². The van der Waals surface area contributed by atoms with E-state index in [1.54, 1.807) is 36.2 Å². The summed E-state index contributed by atoms with van der Waals surface area (Å²) < 4.78 is 6.68. The maximum Gasteiger partial charge on any atom is 0.420 e. The Labute approximate surface area is 201 Å². The number of nitrogens with zero attached hydrogens (tertiary/aromatic N) is 5. The lowest BCUT2D eigenvalue weighted by Crippen LogP contribution is -2.42. The van der Waals surface area contributed by atoms with E-state index in [1.165, 1.54) is 4.57 Å². The molecule has 0 unspecified atom stereocenters. The number of thioether (sulfide) groups is 1. The standard InChI is InChI=1S/C25H25N5O3S/c1-17-12-27-24(34-16-18-6-4-10-26-13-18)28-23(17)19-7-5-11-29(14-19)22(31)15-30-20-8-2-3-9-21(20)33-25(30)32/h2-4,6,8-10,12-13,19H,5,7,11,14-16H2,1H3/t19-/m0/s1. The molecule has 0 saturated carbocycles. The van der Waals surface area contributed by atoms with Gasteiger partial charge >= 0.3 is 5.76 Å². The fourth-order valence-corrected chi connectivity index (χ4v) is 5.13. The van der Waals surface area contributed by atoms with E-state index in [-0.39, 0.29) is 18.4 Å². The molecule has 0 spiro atoms. The van der Waals surface area contributed by atoms with Crippen LogP contribution < -0.4 is 5.76 Å². The molecule has 0 aliphatic carbocycles. The Kier molecular flexibility index (Phi) is 6.44. The Morgan fingerprint density at radius 2 is 2.09 bits per heavy atom. The van der Waals surface area contributed by atoms with Gasteiger partial charge in [0.15, 0.2) is 10.7 Å². The highest BCUT2D eigenvalue weighted by atomic mass is 32.2. The van der Waals surface area contributed by atoms with Crippen molar-refractivity contribution in [2.45, 2.75) is 43.1 Å². The maximum atomic E-state index is 13.1. The number of oxazole rings is 1. The van der Waals surface area contributed by atoms with Crippen LogP contribution in [0.4, 0.5) is 0 Å². The van der Waals surface area contributed by atoms with Gasteiger partial charge in [-0.15, -0.1) is 0 Å². The predicted octanol–water partition coefficient (Wildman–Crippen LogP) is 3.79. The maximum absolute atomic E-state index is 13.1. The van der Waals surface area contributed by atoms with Crippen LogP contribution in [-0.4, -0.2) is 43.4 Å². The highest BCUT2D eigenvalue weighted by Gasteiger charge is 2.28. The number of likely N-dealkylation sites (tertiary alicyclic amines) is 1. The molecule has 8 nitrogen and oxygen atoms in total. The molecule has 1 saturated heterocycles. The zero-order valence-electron chi connectivity index (χ0n) is 18.9. The Bertz CT molecular complexity index is 1370. The molecule has 174 valence electrons. The summed E-state index contributed by atoms with van der Waals surface area (Å²) in [6, 6.07) is 11.1. The zero-order valence-corrected chi connectivity index (χ0v) is 19.7. The van der Waals surface area contributed by atoms with Crippen LogP contribution in [0.1, 0.15) is 35.6 Å². The van der Waals surface area contributed by atoms with Gasteiger partial charge in [-0.2, -0.15) is 0 Å². The van der Waals surface area contributed by atoms with Gasteiger partial charge in [0.25, 0.3) is 0 Å². The number of aromatic nitrogens is 4. The van der Waals surface area contributed by atoms with Crippen molar-refractivity contribution in [3.63, 3.8) is 0 Å². The average molecular weight is 476 g/mol. The van der Waals surface area contributed by atoms with E-state index < -0.39 is 5.76 Å². The molecule has 1 amide bonds. The van der Waals surface area contributed by atoms with Crippen molar-refractivity contribution in [3.05, 3.63) is 82.4 Å². The van der Waals surface area contributed by atoms with Crippen molar-refractivity contribution in [1.82, 2.24) is 24.4 Å². The highest BCUT2D eigenvalue weighted by molar-refractivity contribution is 7.98. The van der Waals surface area contributed by atoms with Crippen LogP contribution in [-0.2, 0) is 17.1 Å². The number of benzene rings is 1. The van der Waals surface area contributed by atoms with E-state index in [9.17, 15) is 9.59 Å². The van der Waals surface area contributed by atoms with E-state index in [1.807, 2.05) is 42.4 Å². The van der Waals surface area contributed by atoms with Crippen LogP contribution in [0.5, 0.6) is 0 Å². The van der Waals surface area contributed by atoms with Crippen LogP contribution in [0, 0.1) is 6.92 Å². The van der Waals surface area contributed by atoms with Gasteiger partial charge in [-0.1, -0.05) is 30.0 Å². The molecule has 9 heteroatoms. The normalized spacial score (nSPS) is 16.1. The predicted molar refractivity (Wildman–Crippen MR) is 130 cm³/mol. The summed E-state index contributed by atoms with van der Waals surface area (Å²) in [6.07, 6.45) is 7.32. The number of carbonyl (C=O) groups excluding carboxylic acids is 1. The summed E-state index contributed by atoms with van der Waals surface area (Å²) in [5.74, 6) is 0.288. The number of hydrogen-bond donors (Lipinski definition) is 0. The summed E-state index contributed by atoms with van der Waals surface area (Å²) in [6.45, 7) is 3.24. The van der Waals surface area contributed by atoms with Gasteiger partial charge in [0.1, 0.15) is 6.54 Å². The third kappa shape index (κ3) is 4.75. The molecule has 0 bridgehead atoms. The molecule has 0 radical (unpaired) electrons. The fourth-order valence-electron chi connectivity index (χ4n) is 4.38. The van der Waals surface area contributed by atoms with Crippen LogP contribution >= 0.6 is 11.8 Å². The monoisotopic (exact) mass is 475 g/mol. The third-order valence-corrected chi connectivity index (χ3v) is 7.04. The number of carbonyl (C=O) groups is 1. The molecule has 4 heterocycles. The van der Waals surface area contributed by atoms with Gasteiger partial charge in [0.05, 0.1) is 11.2 Å². The number of pyridine rings is 1. The molecular weight excluding hydrogens is 450 g/mol. The number of para-hydroxylation sites is 2. The first-order valence-electron chi connectivity index (χ1n) is 11.3. The van der Waals surface area contributed by atoms with Gasteiger partial charge in [-0.3, -0.25) is 14.3 Å². The second-order valence-electron chi connectivity index (χ2n) is 8.47. The summed E-state index contributed by atoms with van der Waals surface area (Å²) in [4.78, 5) is 40.8. The second kappa shape index (κ2) is 9.80. The fraction of sp³-hybridized carbons (Fsp3) is 0.320. The Morgan fingerprint density at radius 3 is 2.94 bits per heavy atom. The molecule has 0 N–H and O–H groups in total. The lowest BCUT2D eigenvalue weighted by Gasteiger charge is -2.33. The minimum Gasteiger partial charge on any atom is -0.408 e. The number of rotatable bonds is 6. The number of aryl methyl sites for hydroxylation is 1. The van der Waals surface area contributed by atoms with Gasteiger partial charge in [-0.25, -0.2) is 14.8 Å². The first-order valence-corrected chi connectivity index (χ1v) is 12.3. The molecule has 1 aliphatic rings. The van der Waals surface area contributed by atoms with E-state index in [0.717, 1.165) is 40.6 Å². The quantitative estimate of drug-likeness (QED) is 0.309. The SMILES string of the molecule is Cc1cnc(SCc2cccnc2)nc1[C@H]1CCCN(C(=O)Cn2c(=O)oc3ccccc32)C1. The van der Waals surface area contributed by atoms with Crippen molar-refractivity contribution < 1.29 is 9.21 Å². The molecule has 34 heavy (non-hydrogen) atoms. The summed E-state index contributed by atoms with van der Waals surface area (Å²) >= 11 is 1.58. The zero-order chi connectivity index (χ0) is 23.5. The first kappa shape index (κ1) is 22.3. The minimum atomic E-state index is -0.509. The largest absolute Gasteiger partial charge is 0.420 e. The number of fused-ring (bicyclic) bond motifs is 1. The summed E-state index contributed by atoms with van der Waals surface area (Å²) in [5, 5.41) is 0.726. The topological polar surface area (TPSA) is 94.1 Å². The minimum absolute atomic E-state index is 0.0302. The highest BCUT2D eigenvalue weighted by Crippen LogP contribution is 2.30. The molecule has 1 aromatic carbocycles. The summed E-state index contributed by atoms with van der Waals surface area (Å²) in [7, 11) is 0. The molecule has 5 rings (SSSR count). The average Bonchev–Trinajstić information content (AvgIpc) is 3.19. The molecule has 4 aromatic rings. The third-order valence-electron chi connectivity index (χ3n) is 6.11. The van der Waals surface area contributed by atoms with Crippen LogP contribution in [0.15, 0.2) is 69.4 Å². The van der Waals surface area contributed by atoms with Crippen molar-refractivity contribution in [2.24, 2.45) is 0 Å². The molecule has 1 fully saturated rings. The molecular formula is C25H25N5O3S. The van der Waals surface area contributed by atoms with Gasteiger partial charge in [-0.05, 0) is 49.1 Å². The van der Waals surface area contributed by atoms with Crippen molar-refractivity contribution in [3.8, 4) is 0 Å². The first-order chi connectivity index (χ1) is 16.6. The Hall–Kier alpha value is -3.46. The summed E-state index contributed by atoms with van der Waals surface area (Å²) in [5.41, 5.74) is 4.27. The van der Waals surface area contributed by atoms with E-state index in [4.69, 9.17) is 9.40 Å². The molecule has 1 atom stereocenters. The van der Waals surface area contributed by atoms with Crippen molar-refractivity contribution >= 4 is 28.8 Å². The second-order valence-corrected chi connectivity index (χ2v) is 9.41. The van der Waals surface area contributed by atoms with Gasteiger partial charge in [0.2, 0.25) is 5.91 Å². The number of hydrogen-bond acceptors (Lipinski definition) is 7. The van der Waals surface area contributed by atoms with E-state index in [2.05, 4.69) is 9.97 Å². The number of amides is 1. The lowest BCUT2D eigenvalue weighted by atomic mass is 9.92. The van der Waals surface area contributed by atoms with Gasteiger partial charge in [0, 0.05) is 43.4 Å². The number of piperidine rings is 1. The Morgan fingerprint density at radius 1 is 1.21 bits per heavy atom. The van der Waals surface area contributed by atoms with Crippen LogP contribution in [0.25, 0.3) is 11.1 Å². The molecule has 3 aromatic heterocycles. The van der Waals surface area contributed by atoms with Crippen molar-refractivity contribution in [2.75, 3.05) is 13.1 Å². The van der Waals surface area contributed by atoms with E-state index >= 15 is 0 Å². The van der Waals surface area contributed by atoms with Crippen LogP contribution in [0.2, 0.25) is 0 Å². The van der Waals surface area contributed by atoms with E-state index in [0.29, 0.717) is 24.2 Å². The lowest BCUT2D eigenvalue weighted by molar-refractivity contribution is -0.133.